The zero-order chi connectivity index (χ0) is 25.5. The van der Waals surface area contributed by atoms with Crippen LogP contribution in [-0.4, -0.2) is 64.2 Å². The molecule has 1 saturated heterocycles. The van der Waals surface area contributed by atoms with Gasteiger partial charge in [0, 0.05) is 17.9 Å². The predicted octanol–water partition coefficient (Wildman–Crippen LogP) is 3.49. The highest BCUT2D eigenvalue weighted by molar-refractivity contribution is 5.85. The first-order valence-corrected chi connectivity index (χ1v) is 14.3. The number of fused-ring (bicyclic) bond motifs is 5. The number of ether oxygens (including phenoxy) is 3. The van der Waals surface area contributed by atoms with Gasteiger partial charge in [-0.05, 0) is 99.4 Å². The van der Waals surface area contributed by atoms with Gasteiger partial charge in [0.15, 0.2) is 6.29 Å². The van der Waals surface area contributed by atoms with Crippen molar-refractivity contribution >= 4 is 5.97 Å². The second kappa shape index (κ2) is 8.77. The van der Waals surface area contributed by atoms with Gasteiger partial charge in [-0.15, -0.1) is 0 Å². The first-order valence-electron chi connectivity index (χ1n) is 14.3. The molecule has 0 unspecified atom stereocenters. The van der Waals surface area contributed by atoms with Crippen LogP contribution in [0.3, 0.4) is 0 Å². The standard InChI is InChI=1S/C29H44O7/c1-16-23(30)14-24(31)26(35-16)36-19-6-9-27(2)18(13-19)4-5-22-21(27)7-10-28(3)20(8-11-29(22,28)33)17-12-25(32)34-15-17/h12,16,18-24,26,30-31,33H,4-11,13-15H2,1-3H3/t16-,18+,19-,20+,21-,22+,23-,24+,26-,27-,28+,29-/m0/s1. The van der Waals surface area contributed by atoms with E-state index in [1.54, 1.807) is 6.08 Å². The van der Waals surface area contributed by atoms with Crippen molar-refractivity contribution in [1.82, 2.24) is 0 Å². The van der Waals surface area contributed by atoms with Crippen LogP contribution in [0.2, 0.25) is 0 Å². The van der Waals surface area contributed by atoms with Gasteiger partial charge >= 0.3 is 5.97 Å². The Morgan fingerprint density at radius 2 is 1.78 bits per heavy atom. The lowest BCUT2D eigenvalue weighted by Crippen LogP contribution is -2.62. The van der Waals surface area contributed by atoms with E-state index < -0.39 is 24.1 Å². The third-order valence-electron chi connectivity index (χ3n) is 12.0. The number of esters is 1. The van der Waals surface area contributed by atoms with Crippen LogP contribution < -0.4 is 0 Å². The van der Waals surface area contributed by atoms with Crippen molar-refractivity contribution in [2.75, 3.05) is 6.61 Å². The van der Waals surface area contributed by atoms with Crippen molar-refractivity contribution in [3.05, 3.63) is 11.6 Å². The van der Waals surface area contributed by atoms with Gasteiger partial charge in [-0.2, -0.15) is 0 Å². The maximum Gasteiger partial charge on any atom is 0.331 e. The average molecular weight is 505 g/mol. The summed E-state index contributed by atoms with van der Waals surface area (Å²) in [7, 11) is 0. The fourth-order valence-corrected chi connectivity index (χ4v) is 9.75. The molecular weight excluding hydrogens is 460 g/mol. The molecule has 7 heteroatoms. The number of aliphatic hydroxyl groups excluding tert-OH is 2. The van der Waals surface area contributed by atoms with Gasteiger partial charge in [-0.1, -0.05) is 13.8 Å². The van der Waals surface area contributed by atoms with Gasteiger partial charge in [0.05, 0.1) is 23.9 Å². The van der Waals surface area contributed by atoms with Gasteiger partial charge in [0.1, 0.15) is 12.7 Å². The lowest BCUT2D eigenvalue weighted by atomic mass is 9.43. The highest BCUT2D eigenvalue weighted by Crippen LogP contribution is 2.70. The molecule has 6 aliphatic rings. The summed E-state index contributed by atoms with van der Waals surface area (Å²) in [6.45, 7) is 6.95. The minimum absolute atomic E-state index is 0.0568. The molecule has 6 rings (SSSR count). The van der Waals surface area contributed by atoms with Gasteiger partial charge in [-0.25, -0.2) is 4.79 Å². The molecule has 2 heterocycles. The van der Waals surface area contributed by atoms with Gasteiger partial charge < -0.3 is 29.5 Å². The highest BCUT2D eigenvalue weighted by Gasteiger charge is 2.67. The van der Waals surface area contributed by atoms with Crippen molar-refractivity contribution in [2.24, 2.45) is 34.5 Å². The highest BCUT2D eigenvalue weighted by atomic mass is 16.7. The lowest BCUT2D eigenvalue weighted by Gasteiger charge is -2.64. The fourth-order valence-electron chi connectivity index (χ4n) is 9.75. The normalized spacial score (nSPS) is 54.8. The predicted molar refractivity (Wildman–Crippen MR) is 132 cm³/mol. The molecule has 4 aliphatic carbocycles. The van der Waals surface area contributed by atoms with E-state index in [9.17, 15) is 20.1 Å². The first kappa shape index (κ1) is 25.3. The third kappa shape index (κ3) is 3.67. The summed E-state index contributed by atoms with van der Waals surface area (Å²) in [5.41, 5.74) is 0.376. The molecule has 7 nitrogen and oxygen atoms in total. The van der Waals surface area contributed by atoms with Crippen molar-refractivity contribution in [1.29, 1.82) is 0 Å². The summed E-state index contributed by atoms with van der Waals surface area (Å²) in [4.78, 5) is 11.8. The Balaban J connectivity index is 1.16. The molecule has 12 atom stereocenters. The van der Waals surface area contributed by atoms with Crippen LogP contribution in [0.4, 0.5) is 0 Å². The number of hydrogen-bond acceptors (Lipinski definition) is 7. The lowest BCUT2D eigenvalue weighted by molar-refractivity contribution is -0.285. The number of aliphatic hydroxyl groups is 3. The molecule has 0 aromatic heterocycles. The Kier molecular flexibility index (Phi) is 6.16. The van der Waals surface area contributed by atoms with Crippen LogP contribution in [0.5, 0.6) is 0 Å². The number of rotatable bonds is 3. The van der Waals surface area contributed by atoms with E-state index in [4.69, 9.17) is 14.2 Å². The van der Waals surface area contributed by atoms with E-state index in [1.807, 2.05) is 6.92 Å². The summed E-state index contributed by atoms with van der Waals surface area (Å²) in [6.07, 6.45) is 8.55. The molecule has 36 heavy (non-hydrogen) atoms. The number of carbonyl (C=O) groups excluding carboxylic acids is 1. The molecule has 202 valence electrons. The summed E-state index contributed by atoms with van der Waals surface area (Å²) in [5, 5.41) is 32.8. The SMILES string of the molecule is C[C@@H]1O[C@@H](O[C@H]2CC[C@@]3(C)[C@H](CC[C@@H]4[C@@H]3CC[C@]3(C)[C@@H](C5=CC(=O)OC5)CC[C@]43O)C2)[C@H](O)C[C@@H]1O. The number of cyclic esters (lactones) is 1. The van der Waals surface area contributed by atoms with Gasteiger partial charge in [0.2, 0.25) is 0 Å². The molecule has 0 bridgehead atoms. The van der Waals surface area contributed by atoms with Crippen molar-refractivity contribution in [3.63, 3.8) is 0 Å². The molecule has 4 saturated carbocycles. The monoisotopic (exact) mass is 504 g/mol. The maximum atomic E-state index is 12.4. The summed E-state index contributed by atoms with van der Waals surface area (Å²) >= 11 is 0. The minimum Gasteiger partial charge on any atom is -0.458 e. The summed E-state index contributed by atoms with van der Waals surface area (Å²) in [5.74, 6) is 1.32. The van der Waals surface area contributed by atoms with E-state index >= 15 is 0 Å². The molecule has 5 fully saturated rings. The van der Waals surface area contributed by atoms with Crippen LogP contribution in [-0.2, 0) is 19.0 Å². The van der Waals surface area contributed by atoms with Crippen LogP contribution in [0.15, 0.2) is 11.6 Å². The molecule has 0 aromatic carbocycles. The minimum atomic E-state index is -0.795. The van der Waals surface area contributed by atoms with Crippen LogP contribution in [0.1, 0.15) is 85.0 Å². The second-order valence-electron chi connectivity index (χ2n) is 13.4. The van der Waals surface area contributed by atoms with Crippen LogP contribution >= 0.6 is 0 Å². The van der Waals surface area contributed by atoms with Gasteiger partial charge in [-0.3, -0.25) is 0 Å². The van der Waals surface area contributed by atoms with E-state index in [1.165, 1.54) is 0 Å². The topological polar surface area (TPSA) is 105 Å². The summed E-state index contributed by atoms with van der Waals surface area (Å²) in [6, 6.07) is 0. The molecule has 0 amide bonds. The largest absolute Gasteiger partial charge is 0.458 e. The Morgan fingerprint density at radius 3 is 2.53 bits per heavy atom. The van der Waals surface area contributed by atoms with E-state index in [-0.39, 0.29) is 34.9 Å². The molecule has 0 aromatic rings. The molecular formula is C29H44O7. The number of hydrogen-bond donors (Lipinski definition) is 3. The Morgan fingerprint density at radius 1 is 0.972 bits per heavy atom. The maximum absolute atomic E-state index is 12.4. The van der Waals surface area contributed by atoms with E-state index in [2.05, 4.69) is 13.8 Å². The van der Waals surface area contributed by atoms with Crippen LogP contribution in [0.25, 0.3) is 0 Å². The van der Waals surface area contributed by atoms with E-state index in [0.717, 1.165) is 63.4 Å². The fraction of sp³-hybridized carbons (Fsp3) is 0.897. The third-order valence-corrected chi connectivity index (χ3v) is 12.0. The molecule has 2 aliphatic heterocycles. The van der Waals surface area contributed by atoms with Crippen molar-refractivity contribution in [2.45, 2.75) is 121 Å². The zero-order valence-corrected chi connectivity index (χ0v) is 22.0. The Labute approximate surface area is 214 Å². The Bertz CT molecular complexity index is 919. The van der Waals surface area contributed by atoms with Crippen molar-refractivity contribution < 1.29 is 34.3 Å². The molecule has 0 radical (unpaired) electrons. The quantitative estimate of drug-likeness (QED) is 0.399. The van der Waals surface area contributed by atoms with Gasteiger partial charge in [0.25, 0.3) is 0 Å². The zero-order valence-electron chi connectivity index (χ0n) is 22.0. The first-order chi connectivity index (χ1) is 17.0. The molecule has 0 spiro atoms. The van der Waals surface area contributed by atoms with Crippen molar-refractivity contribution in [3.8, 4) is 0 Å². The smallest absolute Gasteiger partial charge is 0.331 e. The Hall–Kier alpha value is -0.990. The van der Waals surface area contributed by atoms with Crippen LogP contribution in [0, 0.1) is 34.5 Å². The average Bonchev–Trinajstić information content (AvgIpc) is 3.37. The molecule has 3 N–H and O–H groups in total. The number of carbonyl (C=O) groups is 1. The summed E-state index contributed by atoms with van der Waals surface area (Å²) < 4.78 is 17.4. The van der Waals surface area contributed by atoms with E-state index in [0.29, 0.717) is 30.8 Å². The second-order valence-corrected chi connectivity index (χ2v) is 13.4.